The standard InChI is InChI=1S/C13H21ClN2OS/c1-10(13-15-11(8-14)9-18-13)16-6-2-4-12(16)5-3-7-17/h9-10,12,17H,2-8H2,1H3. The summed E-state index contributed by atoms with van der Waals surface area (Å²) in [5.41, 5.74) is 0.981. The molecule has 2 atom stereocenters. The summed E-state index contributed by atoms with van der Waals surface area (Å²) >= 11 is 7.51. The smallest absolute Gasteiger partial charge is 0.110 e. The lowest BCUT2D eigenvalue weighted by Crippen LogP contribution is -2.32. The predicted octanol–water partition coefficient (Wildman–Crippen LogP) is 3.18. The molecule has 1 saturated heterocycles. The van der Waals surface area contributed by atoms with Crippen molar-refractivity contribution in [1.29, 1.82) is 0 Å². The zero-order valence-electron chi connectivity index (χ0n) is 10.8. The summed E-state index contributed by atoms with van der Waals surface area (Å²) in [7, 11) is 0. The number of rotatable bonds is 6. The average molecular weight is 289 g/mol. The number of halogens is 1. The third-order valence-electron chi connectivity index (χ3n) is 3.68. The van der Waals surface area contributed by atoms with Gasteiger partial charge in [0.05, 0.1) is 17.6 Å². The SMILES string of the molecule is CC(c1nc(CCl)cs1)N1CCCC1CCCO. The molecule has 5 heteroatoms. The van der Waals surface area contributed by atoms with E-state index in [0.717, 1.165) is 25.1 Å². The number of likely N-dealkylation sites (tertiary alicyclic amines) is 1. The van der Waals surface area contributed by atoms with E-state index in [1.807, 2.05) is 0 Å². The van der Waals surface area contributed by atoms with Crippen molar-refractivity contribution in [1.82, 2.24) is 9.88 Å². The lowest BCUT2D eigenvalue weighted by atomic mass is 10.1. The van der Waals surface area contributed by atoms with Crippen molar-refractivity contribution in [2.45, 2.75) is 50.6 Å². The minimum Gasteiger partial charge on any atom is -0.396 e. The van der Waals surface area contributed by atoms with E-state index in [2.05, 4.69) is 22.2 Å². The first-order chi connectivity index (χ1) is 8.76. The maximum Gasteiger partial charge on any atom is 0.110 e. The largest absolute Gasteiger partial charge is 0.396 e. The van der Waals surface area contributed by atoms with Gasteiger partial charge in [-0.2, -0.15) is 0 Å². The summed E-state index contributed by atoms with van der Waals surface area (Å²) in [6, 6.07) is 0.980. The topological polar surface area (TPSA) is 36.4 Å². The number of hydrogen-bond acceptors (Lipinski definition) is 4. The molecule has 0 bridgehead atoms. The molecule has 0 saturated carbocycles. The van der Waals surface area contributed by atoms with Gasteiger partial charge in [0.2, 0.25) is 0 Å². The van der Waals surface area contributed by atoms with Crippen LogP contribution >= 0.6 is 22.9 Å². The van der Waals surface area contributed by atoms with Gasteiger partial charge in [0.1, 0.15) is 5.01 Å². The van der Waals surface area contributed by atoms with Crippen LogP contribution in [0.5, 0.6) is 0 Å². The normalized spacial score (nSPS) is 22.5. The second-order valence-corrected chi connectivity index (χ2v) is 6.04. The highest BCUT2D eigenvalue weighted by Gasteiger charge is 2.29. The Balaban J connectivity index is 2.00. The van der Waals surface area contributed by atoms with Crippen LogP contribution in [0.2, 0.25) is 0 Å². The lowest BCUT2D eigenvalue weighted by molar-refractivity contribution is 0.171. The second kappa shape index (κ2) is 6.85. The van der Waals surface area contributed by atoms with Crippen molar-refractivity contribution in [3.8, 4) is 0 Å². The van der Waals surface area contributed by atoms with Gasteiger partial charge in [-0.15, -0.1) is 22.9 Å². The Morgan fingerprint density at radius 3 is 3.17 bits per heavy atom. The van der Waals surface area contributed by atoms with Crippen LogP contribution in [0.25, 0.3) is 0 Å². The van der Waals surface area contributed by atoms with Gasteiger partial charge in [0.15, 0.2) is 0 Å². The number of alkyl halides is 1. The Hall–Kier alpha value is -0.160. The fraction of sp³-hybridized carbons (Fsp3) is 0.769. The van der Waals surface area contributed by atoms with Crippen molar-refractivity contribution < 1.29 is 5.11 Å². The second-order valence-electron chi connectivity index (χ2n) is 4.89. The maximum absolute atomic E-state index is 8.96. The van der Waals surface area contributed by atoms with Gasteiger partial charge in [0, 0.05) is 18.0 Å². The van der Waals surface area contributed by atoms with E-state index in [0.29, 0.717) is 24.6 Å². The van der Waals surface area contributed by atoms with E-state index in [-0.39, 0.29) is 0 Å². The molecule has 2 unspecified atom stereocenters. The summed E-state index contributed by atoms with van der Waals surface area (Å²) in [5.74, 6) is 0.497. The van der Waals surface area contributed by atoms with Crippen LogP contribution in [0.3, 0.4) is 0 Å². The number of nitrogens with zero attached hydrogens (tertiary/aromatic N) is 2. The van der Waals surface area contributed by atoms with Gasteiger partial charge < -0.3 is 5.11 Å². The third-order valence-corrected chi connectivity index (χ3v) is 5.02. The summed E-state index contributed by atoms with van der Waals surface area (Å²) in [6.45, 7) is 3.67. The summed E-state index contributed by atoms with van der Waals surface area (Å²) in [6.07, 6.45) is 4.50. The molecule has 2 rings (SSSR count). The first kappa shape index (κ1) is 14.3. The Bertz CT molecular complexity index is 372. The van der Waals surface area contributed by atoms with Crippen LogP contribution in [0.15, 0.2) is 5.38 Å². The zero-order valence-corrected chi connectivity index (χ0v) is 12.4. The molecule has 18 heavy (non-hydrogen) atoms. The Kier molecular flexibility index (Phi) is 5.42. The van der Waals surface area contributed by atoms with Crippen molar-refractivity contribution in [3.63, 3.8) is 0 Å². The molecule has 1 aliphatic heterocycles. The Morgan fingerprint density at radius 2 is 2.50 bits per heavy atom. The quantitative estimate of drug-likeness (QED) is 0.817. The maximum atomic E-state index is 8.96. The predicted molar refractivity (Wildman–Crippen MR) is 76.1 cm³/mol. The third kappa shape index (κ3) is 3.23. The molecular weight excluding hydrogens is 268 g/mol. The van der Waals surface area contributed by atoms with E-state index in [9.17, 15) is 0 Å². The number of hydrogen-bond donors (Lipinski definition) is 1. The van der Waals surface area contributed by atoms with Gasteiger partial charge in [-0.3, -0.25) is 4.90 Å². The number of aliphatic hydroxyl groups is 1. The van der Waals surface area contributed by atoms with E-state index in [1.54, 1.807) is 11.3 Å². The van der Waals surface area contributed by atoms with E-state index in [4.69, 9.17) is 16.7 Å². The number of aromatic nitrogens is 1. The number of aliphatic hydroxyl groups excluding tert-OH is 1. The molecule has 0 aliphatic carbocycles. The van der Waals surface area contributed by atoms with Crippen LogP contribution in [-0.2, 0) is 5.88 Å². The highest BCUT2D eigenvalue weighted by atomic mass is 35.5. The molecule has 0 radical (unpaired) electrons. The lowest BCUT2D eigenvalue weighted by Gasteiger charge is -2.29. The van der Waals surface area contributed by atoms with Crippen LogP contribution in [0.4, 0.5) is 0 Å². The average Bonchev–Trinajstić information content (AvgIpc) is 3.04. The van der Waals surface area contributed by atoms with Crippen LogP contribution in [-0.4, -0.2) is 34.2 Å². The van der Waals surface area contributed by atoms with Crippen molar-refractivity contribution in [3.05, 3.63) is 16.1 Å². The molecule has 0 aromatic carbocycles. The van der Waals surface area contributed by atoms with E-state index < -0.39 is 0 Å². The Morgan fingerprint density at radius 1 is 1.67 bits per heavy atom. The first-order valence-corrected chi connectivity index (χ1v) is 8.04. The van der Waals surface area contributed by atoms with Crippen LogP contribution < -0.4 is 0 Å². The summed E-state index contributed by atoms with van der Waals surface area (Å²) in [4.78, 5) is 7.12. The highest BCUT2D eigenvalue weighted by Crippen LogP contribution is 2.32. The van der Waals surface area contributed by atoms with Gasteiger partial charge in [-0.05, 0) is 39.2 Å². The summed E-state index contributed by atoms with van der Waals surface area (Å²) in [5, 5.41) is 12.2. The zero-order chi connectivity index (χ0) is 13.0. The first-order valence-electron chi connectivity index (χ1n) is 6.63. The van der Waals surface area contributed by atoms with Crippen molar-refractivity contribution >= 4 is 22.9 Å². The van der Waals surface area contributed by atoms with E-state index in [1.165, 1.54) is 17.8 Å². The van der Waals surface area contributed by atoms with Crippen molar-refractivity contribution in [2.24, 2.45) is 0 Å². The molecule has 1 N–H and O–H groups in total. The minimum absolute atomic E-state index is 0.298. The Labute approximate surface area is 118 Å². The van der Waals surface area contributed by atoms with Gasteiger partial charge in [0.25, 0.3) is 0 Å². The number of thiazole rings is 1. The molecule has 1 aliphatic rings. The molecule has 1 fully saturated rings. The molecule has 3 nitrogen and oxygen atoms in total. The van der Waals surface area contributed by atoms with E-state index >= 15 is 0 Å². The molecular formula is C13H21ClN2OS. The fourth-order valence-electron chi connectivity index (χ4n) is 2.72. The van der Waals surface area contributed by atoms with Crippen molar-refractivity contribution in [2.75, 3.05) is 13.2 Å². The van der Waals surface area contributed by atoms with Gasteiger partial charge in [-0.25, -0.2) is 4.98 Å². The minimum atomic E-state index is 0.298. The molecule has 102 valence electrons. The highest BCUT2D eigenvalue weighted by molar-refractivity contribution is 7.09. The van der Waals surface area contributed by atoms with Crippen LogP contribution in [0.1, 0.15) is 49.4 Å². The van der Waals surface area contributed by atoms with Gasteiger partial charge in [-0.1, -0.05) is 0 Å². The monoisotopic (exact) mass is 288 g/mol. The summed E-state index contributed by atoms with van der Waals surface area (Å²) < 4.78 is 0. The molecule has 1 aromatic rings. The molecule has 2 heterocycles. The molecule has 0 spiro atoms. The molecule has 0 amide bonds. The van der Waals surface area contributed by atoms with Crippen LogP contribution in [0, 0.1) is 0 Å². The molecule has 1 aromatic heterocycles. The van der Waals surface area contributed by atoms with Gasteiger partial charge >= 0.3 is 0 Å². The fourth-order valence-corrected chi connectivity index (χ4v) is 3.85.